The molecular weight excluding hydrogens is 273 g/mol. The van der Waals surface area contributed by atoms with Crippen LogP contribution in [-0.2, 0) is 14.3 Å². The van der Waals surface area contributed by atoms with Gasteiger partial charge in [-0.2, -0.15) is 21.6 Å². The molecule has 1 atom stereocenters. The zero-order chi connectivity index (χ0) is 14.0. The van der Waals surface area contributed by atoms with Crippen molar-refractivity contribution in [3.8, 4) is 0 Å². The van der Waals surface area contributed by atoms with Crippen molar-refractivity contribution in [2.75, 3.05) is 6.61 Å². The number of aryl methyl sites for hydroxylation is 1. The van der Waals surface area contributed by atoms with Crippen molar-refractivity contribution in [1.82, 2.24) is 0 Å². The molecule has 18 heavy (non-hydrogen) atoms. The Morgan fingerprint density at radius 2 is 1.78 bits per heavy atom. The summed E-state index contributed by atoms with van der Waals surface area (Å²) in [4.78, 5) is -0.262. The van der Waals surface area contributed by atoms with Crippen molar-refractivity contribution in [3.63, 3.8) is 0 Å². The van der Waals surface area contributed by atoms with Crippen LogP contribution < -0.4 is 0 Å². The summed E-state index contributed by atoms with van der Waals surface area (Å²) in [5.41, 5.74) is 0.796. The van der Waals surface area contributed by atoms with Gasteiger partial charge in [-0.15, -0.1) is 0 Å². The Bertz CT molecular complexity index is 493. The molecule has 0 aliphatic rings. The Kier molecular flexibility index (Phi) is 4.36. The third-order valence-corrected chi connectivity index (χ3v) is 3.36. The first-order valence-corrected chi connectivity index (χ1v) is 6.24. The summed E-state index contributed by atoms with van der Waals surface area (Å²) in [5.74, 6) is 0. The molecule has 0 spiro atoms. The van der Waals surface area contributed by atoms with Gasteiger partial charge in [0.25, 0.3) is 10.1 Å². The van der Waals surface area contributed by atoms with Crippen LogP contribution in [-0.4, -0.2) is 32.4 Å². The molecule has 0 saturated heterocycles. The van der Waals surface area contributed by atoms with Crippen LogP contribution in [0.15, 0.2) is 29.2 Å². The van der Waals surface area contributed by atoms with Crippen molar-refractivity contribution >= 4 is 10.1 Å². The highest BCUT2D eigenvalue weighted by Crippen LogP contribution is 2.21. The molecule has 1 rings (SSSR count). The third kappa shape index (κ3) is 3.97. The maximum absolute atomic E-state index is 12.0. The third-order valence-electron chi connectivity index (χ3n) is 2.07. The number of benzene rings is 1. The average molecular weight is 284 g/mol. The van der Waals surface area contributed by atoms with E-state index in [0.29, 0.717) is 0 Å². The fraction of sp³-hybridized carbons (Fsp3) is 0.400. The van der Waals surface area contributed by atoms with Gasteiger partial charge in [0, 0.05) is 0 Å². The first-order chi connectivity index (χ1) is 8.13. The molecule has 0 bridgehead atoms. The molecule has 1 unspecified atom stereocenters. The number of halogens is 3. The highest BCUT2D eigenvalue weighted by molar-refractivity contribution is 7.86. The number of hydrogen-bond donors (Lipinski definition) is 1. The van der Waals surface area contributed by atoms with Crippen molar-refractivity contribution in [1.29, 1.82) is 0 Å². The van der Waals surface area contributed by atoms with E-state index in [-0.39, 0.29) is 4.90 Å². The van der Waals surface area contributed by atoms with Crippen molar-refractivity contribution < 1.29 is 30.9 Å². The zero-order valence-corrected chi connectivity index (χ0v) is 10.1. The van der Waals surface area contributed by atoms with E-state index in [1.165, 1.54) is 24.3 Å². The Morgan fingerprint density at radius 1 is 1.28 bits per heavy atom. The lowest BCUT2D eigenvalue weighted by Gasteiger charge is -2.14. The summed E-state index contributed by atoms with van der Waals surface area (Å²) in [6.07, 6.45) is -7.75. The standard InChI is InChI=1S/C10H11F3O4S/c1-7-2-4-8(5-3-7)18(15,16)17-6-9(14)10(11,12)13/h2-5,9,14H,6H2,1H3. The minimum absolute atomic E-state index is 0.262. The van der Waals surface area contributed by atoms with Gasteiger partial charge in [-0.05, 0) is 19.1 Å². The fourth-order valence-corrected chi connectivity index (χ4v) is 1.94. The molecule has 1 aromatic rings. The number of alkyl halides is 3. The van der Waals surface area contributed by atoms with Gasteiger partial charge in [0.15, 0.2) is 6.10 Å². The first-order valence-electron chi connectivity index (χ1n) is 4.84. The van der Waals surface area contributed by atoms with E-state index in [2.05, 4.69) is 4.18 Å². The van der Waals surface area contributed by atoms with Crippen LogP contribution in [0.2, 0.25) is 0 Å². The van der Waals surface area contributed by atoms with Gasteiger partial charge >= 0.3 is 6.18 Å². The van der Waals surface area contributed by atoms with Crippen LogP contribution in [0.3, 0.4) is 0 Å². The molecule has 0 fully saturated rings. The van der Waals surface area contributed by atoms with Crippen molar-refractivity contribution in [2.24, 2.45) is 0 Å². The van der Waals surface area contributed by atoms with Crippen LogP contribution in [0.4, 0.5) is 13.2 Å². The quantitative estimate of drug-likeness (QED) is 0.853. The lowest BCUT2D eigenvalue weighted by molar-refractivity contribution is -0.210. The summed E-state index contributed by atoms with van der Waals surface area (Å²) in [6, 6.07) is 5.39. The van der Waals surface area contributed by atoms with Gasteiger partial charge < -0.3 is 5.11 Å². The average Bonchev–Trinajstić information content (AvgIpc) is 2.25. The SMILES string of the molecule is Cc1ccc(S(=O)(=O)OCC(O)C(F)(F)F)cc1. The highest BCUT2D eigenvalue weighted by atomic mass is 32.2. The second-order valence-electron chi connectivity index (χ2n) is 3.61. The molecule has 0 aliphatic heterocycles. The van der Waals surface area contributed by atoms with Crippen LogP contribution in [0.25, 0.3) is 0 Å². The number of rotatable bonds is 4. The Balaban J connectivity index is 2.75. The van der Waals surface area contributed by atoms with Crippen LogP contribution in [0.5, 0.6) is 0 Å². The second-order valence-corrected chi connectivity index (χ2v) is 5.22. The van der Waals surface area contributed by atoms with Crippen molar-refractivity contribution in [3.05, 3.63) is 29.8 Å². The van der Waals surface area contributed by atoms with E-state index in [1.807, 2.05) is 0 Å². The van der Waals surface area contributed by atoms with Crippen LogP contribution in [0, 0.1) is 6.92 Å². The molecule has 1 aromatic carbocycles. The molecule has 1 N–H and O–H groups in total. The predicted molar refractivity (Wildman–Crippen MR) is 56.4 cm³/mol. The molecule has 0 amide bonds. The number of aliphatic hydroxyl groups excluding tert-OH is 1. The molecule has 102 valence electrons. The first kappa shape index (κ1) is 14.9. The summed E-state index contributed by atoms with van der Waals surface area (Å²) in [5, 5.41) is 8.63. The van der Waals surface area contributed by atoms with E-state index < -0.39 is 29.0 Å². The molecule has 0 saturated carbocycles. The molecule has 4 nitrogen and oxygen atoms in total. The number of aliphatic hydroxyl groups is 1. The monoisotopic (exact) mass is 284 g/mol. The lowest BCUT2D eigenvalue weighted by Crippen LogP contribution is -2.33. The number of hydrogen-bond acceptors (Lipinski definition) is 4. The highest BCUT2D eigenvalue weighted by Gasteiger charge is 2.39. The Labute approximate surface area is 102 Å². The van der Waals surface area contributed by atoms with Crippen LogP contribution >= 0.6 is 0 Å². The minimum Gasteiger partial charge on any atom is -0.382 e. The molecule has 0 aromatic heterocycles. The summed E-state index contributed by atoms with van der Waals surface area (Å²) >= 11 is 0. The van der Waals surface area contributed by atoms with Gasteiger partial charge in [0.05, 0.1) is 4.90 Å². The summed E-state index contributed by atoms with van der Waals surface area (Å²) in [7, 11) is -4.29. The van der Waals surface area contributed by atoms with E-state index in [4.69, 9.17) is 5.11 Å². The van der Waals surface area contributed by atoms with Gasteiger partial charge in [-0.1, -0.05) is 17.7 Å². The van der Waals surface area contributed by atoms with Crippen molar-refractivity contribution in [2.45, 2.75) is 24.1 Å². The van der Waals surface area contributed by atoms with E-state index in [9.17, 15) is 21.6 Å². The van der Waals surface area contributed by atoms with Gasteiger partial charge in [0.2, 0.25) is 0 Å². The molecule has 8 heteroatoms. The second kappa shape index (κ2) is 5.25. The molecule has 0 aliphatic carbocycles. The van der Waals surface area contributed by atoms with Gasteiger partial charge in [0.1, 0.15) is 6.61 Å². The maximum Gasteiger partial charge on any atom is 0.416 e. The normalized spacial score (nSPS) is 14.5. The minimum atomic E-state index is -4.91. The van der Waals surface area contributed by atoms with E-state index in [1.54, 1.807) is 6.92 Å². The fourth-order valence-electron chi connectivity index (χ4n) is 1.02. The maximum atomic E-state index is 12.0. The summed E-state index contributed by atoms with van der Waals surface area (Å²) < 4.78 is 63.0. The van der Waals surface area contributed by atoms with Crippen LogP contribution in [0.1, 0.15) is 5.56 Å². The topological polar surface area (TPSA) is 63.6 Å². The van der Waals surface area contributed by atoms with E-state index >= 15 is 0 Å². The Hall–Kier alpha value is -1.12. The molecular formula is C10H11F3O4S. The lowest BCUT2D eigenvalue weighted by atomic mass is 10.2. The largest absolute Gasteiger partial charge is 0.416 e. The molecule has 0 heterocycles. The smallest absolute Gasteiger partial charge is 0.382 e. The Morgan fingerprint density at radius 3 is 2.22 bits per heavy atom. The molecule has 0 radical (unpaired) electrons. The van der Waals surface area contributed by atoms with Gasteiger partial charge in [-0.3, -0.25) is 4.18 Å². The van der Waals surface area contributed by atoms with E-state index in [0.717, 1.165) is 5.56 Å². The predicted octanol–water partition coefficient (Wildman–Crippen LogP) is 1.62. The summed E-state index contributed by atoms with van der Waals surface area (Å²) in [6.45, 7) is 0.365. The zero-order valence-electron chi connectivity index (χ0n) is 9.31. The van der Waals surface area contributed by atoms with Gasteiger partial charge in [-0.25, -0.2) is 0 Å².